The summed E-state index contributed by atoms with van der Waals surface area (Å²) in [6, 6.07) is 1.87. The Morgan fingerprint density at radius 3 is 2.63 bits per heavy atom. The van der Waals surface area contributed by atoms with Gasteiger partial charge in [0.2, 0.25) is 0 Å². The van der Waals surface area contributed by atoms with E-state index in [2.05, 4.69) is 12.0 Å². The molecule has 1 aliphatic rings. The minimum atomic E-state index is -2.96. The van der Waals surface area contributed by atoms with Gasteiger partial charge in [0.05, 0.1) is 28.1 Å². The Kier molecular flexibility index (Phi) is 5.49. The van der Waals surface area contributed by atoms with Crippen molar-refractivity contribution in [3.8, 4) is 0 Å². The van der Waals surface area contributed by atoms with Gasteiger partial charge in [-0.3, -0.25) is 9.48 Å². The number of aryl methyl sites for hydroxylation is 3. The molecule has 3 heterocycles. The molecular weight excluding hydrogens is 382 g/mol. The third-order valence-electron chi connectivity index (χ3n) is 5.32. The van der Waals surface area contributed by atoms with Crippen LogP contribution in [0.2, 0.25) is 0 Å². The molecule has 1 aliphatic heterocycles. The van der Waals surface area contributed by atoms with Gasteiger partial charge in [0, 0.05) is 29.7 Å². The van der Waals surface area contributed by atoms with Crippen molar-refractivity contribution in [1.82, 2.24) is 14.7 Å². The van der Waals surface area contributed by atoms with Gasteiger partial charge in [0.15, 0.2) is 9.84 Å². The Balaban J connectivity index is 1.80. The molecule has 0 radical (unpaired) electrons. The maximum atomic E-state index is 12.8. The highest BCUT2D eigenvalue weighted by Gasteiger charge is 2.31. The van der Waals surface area contributed by atoms with Crippen molar-refractivity contribution in [1.29, 1.82) is 0 Å². The zero-order chi connectivity index (χ0) is 19.9. The molecule has 0 aromatic carbocycles. The molecule has 2 aromatic rings. The minimum absolute atomic E-state index is 0.0118. The molecule has 0 bridgehead atoms. The molecular formula is C19H27N3O3S2. The van der Waals surface area contributed by atoms with Gasteiger partial charge < -0.3 is 4.90 Å². The second-order valence-corrected chi connectivity index (χ2v) is 10.7. The van der Waals surface area contributed by atoms with Crippen LogP contribution in [0.5, 0.6) is 0 Å². The number of amides is 1. The Bertz CT molecular complexity index is 973. The molecule has 2 aromatic heterocycles. The van der Waals surface area contributed by atoms with E-state index < -0.39 is 9.84 Å². The summed E-state index contributed by atoms with van der Waals surface area (Å²) in [6.07, 6.45) is 1.54. The van der Waals surface area contributed by atoms with Crippen LogP contribution in [-0.4, -0.2) is 47.6 Å². The van der Waals surface area contributed by atoms with E-state index in [1.165, 1.54) is 10.4 Å². The lowest BCUT2D eigenvalue weighted by molar-refractivity contribution is 0.0789. The molecule has 1 amide bonds. The quantitative estimate of drug-likeness (QED) is 0.761. The fourth-order valence-corrected chi connectivity index (χ4v) is 6.52. The molecule has 1 atom stereocenters. The van der Waals surface area contributed by atoms with E-state index in [0.29, 0.717) is 13.0 Å². The van der Waals surface area contributed by atoms with Crippen molar-refractivity contribution in [2.75, 3.05) is 18.6 Å². The molecule has 1 fully saturated rings. The van der Waals surface area contributed by atoms with Gasteiger partial charge in [-0.15, -0.1) is 11.3 Å². The standard InChI is InChI=1S/C19H27N3O3S2/c1-6-17-12(2)9-18(26-17)19(23)21(5)10-16-13(3)20-22(14(16)4)15-7-8-27(24,25)11-15/h9,15H,6-8,10-11H2,1-5H3/t15-/m1/s1. The van der Waals surface area contributed by atoms with Crippen molar-refractivity contribution in [3.63, 3.8) is 0 Å². The molecule has 0 aliphatic carbocycles. The SMILES string of the molecule is CCc1sc(C(=O)N(C)Cc2c(C)nn([C@@H]3CCS(=O)(=O)C3)c2C)cc1C. The number of rotatable bonds is 5. The van der Waals surface area contributed by atoms with Gasteiger partial charge in [-0.25, -0.2) is 8.42 Å². The third-order valence-corrected chi connectivity index (χ3v) is 8.44. The van der Waals surface area contributed by atoms with Crippen molar-refractivity contribution < 1.29 is 13.2 Å². The zero-order valence-electron chi connectivity index (χ0n) is 16.6. The fourth-order valence-electron chi connectivity index (χ4n) is 3.72. The molecule has 148 valence electrons. The van der Waals surface area contributed by atoms with Gasteiger partial charge >= 0.3 is 0 Å². The average molecular weight is 410 g/mol. The lowest BCUT2D eigenvalue weighted by Gasteiger charge is -2.17. The molecule has 1 saturated heterocycles. The summed E-state index contributed by atoms with van der Waals surface area (Å²) < 4.78 is 25.5. The lowest BCUT2D eigenvalue weighted by atomic mass is 10.1. The normalized spacial score (nSPS) is 18.8. The summed E-state index contributed by atoms with van der Waals surface area (Å²) in [6.45, 7) is 8.49. The van der Waals surface area contributed by atoms with Crippen LogP contribution in [0.25, 0.3) is 0 Å². The third kappa shape index (κ3) is 3.96. The fraction of sp³-hybridized carbons (Fsp3) is 0.579. The summed E-state index contributed by atoms with van der Waals surface area (Å²) in [4.78, 5) is 16.6. The molecule has 27 heavy (non-hydrogen) atoms. The molecule has 0 N–H and O–H groups in total. The number of nitrogens with zero attached hydrogens (tertiary/aromatic N) is 3. The first-order valence-corrected chi connectivity index (χ1v) is 11.9. The van der Waals surface area contributed by atoms with Crippen molar-refractivity contribution in [3.05, 3.63) is 38.3 Å². The molecule has 8 heteroatoms. The van der Waals surface area contributed by atoms with Gasteiger partial charge in [0.1, 0.15) is 0 Å². The Hall–Kier alpha value is -1.67. The Morgan fingerprint density at radius 1 is 1.37 bits per heavy atom. The number of sulfone groups is 1. The van der Waals surface area contributed by atoms with Crippen LogP contribution >= 0.6 is 11.3 Å². The number of thiophene rings is 1. The number of carbonyl (C=O) groups is 1. The van der Waals surface area contributed by atoms with Crippen molar-refractivity contribution >= 4 is 27.1 Å². The topological polar surface area (TPSA) is 72.3 Å². The predicted octanol–water partition coefficient (Wildman–Crippen LogP) is 3.06. The Labute approximate surface area is 165 Å². The average Bonchev–Trinajstić information content (AvgIpc) is 3.24. The van der Waals surface area contributed by atoms with E-state index in [1.807, 2.05) is 31.5 Å². The number of aromatic nitrogens is 2. The van der Waals surface area contributed by atoms with Crippen LogP contribution in [0, 0.1) is 20.8 Å². The van der Waals surface area contributed by atoms with E-state index in [0.717, 1.165) is 28.2 Å². The lowest BCUT2D eigenvalue weighted by Crippen LogP contribution is -2.26. The molecule has 0 unspecified atom stereocenters. The van der Waals surface area contributed by atoms with Crippen molar-refractivity contribution in [2.24, 2.45) is 0 Å². The molecule has 6 nitrogen and oxygen atoms in total. The van der Waals surface area contributed by atoms with Crippen LogP contribution in [0.1, 0.15) is 56.4 Å². The molecule has 0 saturated carbocycles. The second-order valence-electron chi connectivity index (χ2n) is 7.38. The summed E-state index contributed by atoms with van der Waals surface area (Å²) in [5, 5.41) is 4.59. The van der Waals surface area contributed by atoms with E-state index in [9.17, 15) is 13.2 Å². The summed E-state index contributed by atoms with van der Waals surface area (Å²) in [5.74, 6) is 0.386. The molecule has 3 rings (SSSR count). The highest BCUT2D eigenvalue weighted by molar-refractivity contribution is 7.91. The van der Waals surface area contributed by atoms with Gasteiger partial charge in [-0.05, 0) is 45.2 Å². The smallest absolute Gasteiger partial charge is 0.263 e. The monoisotopic (exact) mass is 409 g/mol. The highest BCUT2D eigenvalue weighted by Crippen LogP contribution is 2.28. The van der Waals surface area contributed by atoms with Crippen LogP contribution in [0.4, 0.5) is 0 Å². The van der Waals surface area contributed by atoms with Gasteiger partial charge in [-0.2, -0.15) is 5.10 Å². The number of carbonyl (C=O) groups excluding carboxylic acids is 1. The summed E-state index contributed by atoms with van der Waals surface area (Å²) >= 11 is 1.56. The van der Waals surface area contributed by atoms with Crippen LogP contribution in [-0.2, 0) is 22.8 Å². The maximum absolute atomic E-state index is 12.8. The highest BCUT2D eigenvalue weighted by atomic mass is 32.2. The van der Waals surface area contributed by atoms with Crippen LogP contribution in [0.15, 0.2) is 6.07 Å². The predicted molar refractivity (Wildman–Crippen MR) is 108 cm³/mol. The van der Waals surface area contributed by atoms with Gasteiger partial charge in [-0.1, -0.05) is 6.92 Å². The second kappa shape index (κ2) is 7.39. The largest absolute Gasteiger partial charge is 0.337 e. The minimum Gasteiger partial charge on any atom is -0.337 e. The molecule has 0 spiro atoms. The number of hydrogen-bond donors (Lipinski definition) is 0. The zero-order valence-corrected chi connectivity index (χ0v) is 18.2. The number of hydrogen-bond acceptors (Lipinski definition) is 5. The van der Waals surface area contributed by atoms with E-state index in [1.54, 1.807) is 23.3 Å². The first-order valence-electron chi connectivity index (χ1n) is 9.22. The van der Waals surface area contributed by atoms with Crippen LogP contribution < -0.4 is 0 Å². The maximum Gasteiger partial charge on any atom is 0.263 e. The first-order chi connectivity index (χ1) is 12.6. The van der Waals surface area contributed by atoms with Crippen LogP contribution in [0.3, 0.4) is 0 Å². The van der Waals surface area contributed by atoms with Gasteiger partial charge in [0.25, 0.3) is 5.91 Å². The Morgan fingerprint density at radius 2 is 2.07 bits per heavy atom. The van der Waals surface area contributed by atoms with E-state index >= 15 is 0 Å². The first kappa shape index (κ1) is 20.1. The van der Waals surface area contributed by atoms with E-state index in [-0.39, 0.29) is 23.5 Å². The van der Waals surface area contributed by atoms with E-state index in [4.69, 9.17) is 0 Å². The summed E-state index contributed by atoms with van der Waals surface area (Å²) in [5.41, 5.74) is 3.97. The summed E-state index contributed by atoms with van der Waals surface area (Å²) in [7, 11) is -1.16. The van der Waals surface area contributed by atoms with Crippen molar-refractivity contribution in [2.45, 2.75) is 53.1 Å².